The van der Waals surface area contributed by atoms with E-state index in [1.807, 2.05) is 19.1 Å². The summed E-state index contributed by atoms with van der Waals surface area (Å²) < 4.78 is 234. The van der Waals surface area contributed by atoms with E-state index in [1.54, 1.807) is 79.9 Å². The molecule has 0 fully saturated rings. The predicted molar refractivity (Wildman–Crippen MR) is 410 cm³/mol. The summed E-state index contributed by atoms with van der Waals surface area (Å²) in [5.74, 6) is -9.49. The number of anilines is 12. The average Bonchev–Trinajstić information content (AvgIpc) is 1.65. The van der Waals surface area contributed by atoms with Crippen LogP contribution in [0.1, 0.15) is 40.0 Å². The van der Waals surface area contributed by atoms with Crippen molar-refractivity contribution in [2.24, 2.45) is 0 Å². The molecule has 0 aliphatic heterocycles. The molecule has 16 aromatic rings. The standard InChI is InChI=1S/C20H16F4N6O.C19H12F6N6.C19H15F3N6O.C19H15F3N6/c1-10-26-14-8-7-13(31-2)9-15(14)30(10)19-28-17(25)16(21)18(29-19)27-12-5-3-11(4-6-12)20(22,23)24;1-8-27-13-7-10(20)6-12(21)15(13)31(8)18-29-16(26)14(22)17(30-18)28-11-4-2-9(3-5-11)19(23,24)25;1-9-24-16-13(21)7-10(20)8-14(16)28(9)19-26-17(23)15(22)18(27-19)25-11-3-5-12(29-2)6-4-11;1-9-3-5-12(6-4-9)25-18-15(22)17(23)26-19(27-18)28-10(2)24-16-13(21)7-11(20)8-14(16)28/h3-9H,1-2H3,(H3,25,27,28,29);2-7H,1H3,(H3,26,28,29,30);3-8H,1-2H3,(H3,23,25,26,27);3-8H,1-2H3,(H3,23,25,26,27). The molecule has 0 aliphatic rings. The molecule has 8 aromatic carbocycles. The number of nitrogens with two attached hydrogens (primary N) is 4. The van der Waals surface area contributed by atoms with Crippen molar-refractivity contribution in [2.75, 3.05) is 58.4 Å². The average molecular weight is 1660 g/mol. The number of fused-ring (bicyclic) bond motifs is 4. The first-order valence-electron chi connectivity index (χ1n) is 34.4. The smallest absolute Gasteiger partial charge is 0.416 e. The Labute approximate surface area is 659 Å². The molecule has 0 spiro atoms. The number of hydrogen-bond donors (Lipinski definition) is 8. The highest BCUT2D eigenvalue weighted by molar-refractivity contribution is 5.82. The van der Waals surface area contributed by atoms with Gasteiger partial charge in [0.25, 0.3) is 0 Å². The van der Waals surface area contributed by atoms with Crippen LogP contribution in [0.25, 0.3) is 67.9 Å². The van der Waals surface area contributed by atoms with Crippen LogP contribution in [-0.2, 0) is 12.4 Å². The molecule has 0 saturated carbocycles. The second kappa shape index (κ2) is 32.6. The zero-order valence-electron chi connectivity index (χ0n) is 62.3. The van der Waals surface area contributed by atoms with Crippen LogP contribution >= 0.6 is 0 Å². The molecule has 0 atom stereocenters. The van der Waals surface area contributed by atoms with E-state index in [4.69, 9.17) is 32.4 Å². The van der Waals surface area contributed by atoms with E-state index >= 15 is 0 Å². The summed E-state index contributed by atoms with van der Waals surface area (Å²) in [6.45, 7) is 8.27. The number of aryl methyl sites for hydroxylation is 5. The van der Waals surface area contributed by atoms with Gasteiger partial charge in [-0.2, -0.15) is 83.8 Å². The Hall–Kier alpha value is -15.2. The van der Waals surface area contributed by atoms with E-state index < -0.39 is 111 Å². The Bertz CT molecular complexity index is 6560. The zero-order chi connectivity index (χ0) is 85.5. The van der Waals surface area contributed by atoms with Crippen LogP contribution < -0.4 is 53.7 Å². The molecule has 12 N–H and O–H groups in total. The Morgan fingerprint density at radius 2 is 0.622 bits per heavy atom. The van der Waals surface area contributed by atoms with Gasteiger partial charge in [0.05, 0.1) is 52.9 Å². The highest BCUT2D eigenvalue weighted by Crippen LogP contribution is 2.37. The third-order valence-electron chi connectivity index (χ3n) is 17.4. The van der Waals surface area contributed by atoms with Crippen molar-refractivity contribution in [3.8, 4) is 35.3 Å². The van der Waals surface area contributed by atoms with Crippen LogP contribution in [0.4, 0.5) is 140 Å². The lowest BCUT2D eigenvalue weighted by Crippen LogP contribution is -2.11. The molecule has 16 rings (SSSR count). The van der Waals surface area contributed by atoms with Gasteiger partial charge >= 0.3 is 12.4 Å². The minimum atomic E-state index is -4.53. The van der Waals surface area contributed by atoms with Gasteiger partial charge in [-0.1, -0.05) is 17.7 Å². The number of ether oxygens (including phenoxy) is 2. The third-order valence-corrected chi connectivity index (χ3v) is 17.4. The van der Waals surface area contributed by atoms with E-state index in [-0.39, 0.29) is 97.4 Å². The number of benzene rings is 8. The number of methoxy groups -OCH3 is 2. The Balaban J connectivity index is 0.000000137. The van der Waals surface area contributed by atoms with E-state index in [1.165, 1.54) is 42.4 Å². The largest absolute Gasteiger partial charge is 0.497 e. The zero-order valence-corrected chi connectivity index (χ0v) is 62.3. The lowest BCUT2D eigenvalue weighted by atomic mass is 10.2. The number of aromatic nitrogens is 16. The van der Waals surface area contributed by atoms with E-state index in [0.29, 0.717) is 51.6 Å². The molecule has 26 nitrogen and oxygen atoms in total. The van der Waals surface area contributed by atoms with Crippen molar-refractivity contribution in [3.05, 3.63) is 250 Å². The summed E-state index contributed by atoms with van der Waals surface area (Å²) in [6, 6.07) is 32.4. The SMILES string of the molecule is COc1ccc(Nc2nc(-n3c(C)nc4c(F)cc(F)cc43)nc(N)c2F)cc1.COc1ccc2nc(C)n(-c3nc(N)c(F)c(Nc4ccc(C(F)(F)F)cc4)n3)c2c1.Cc1ccc(Nc2nc(-n3c(C)nc4c(F)cc(F)cc43)nc(N)c2F)cc1.Cc1nc2cc(F)cc(F)c2n1-c1nc(N)c(F)c(Nc2ccc(C(F)(F)F)cc2)n1. The molecule has 0 unspecified atom stereocenters. The van der Waals surface area contributed by atoms with Crippen LogP contribution in [0.3, 0.4) is 0 Å². The number of imidazole rings is 4. The molecular weight excluding hydrogens is 1600 g/mol. The van der Waals surface area contributed by atoms with Gasteiger partial charge in [-0.3, -0.25) is 18.3 Å². The molecule has 0 aliphatic carbocycles. The van der Waals surface area contributed by atoms with Crippen molar-refractivity contribution < 1.29 is 79.7 Å². The first-order chi connectivity index (χ1) is 56.4. The maximum atomic E-state index is 14.6. The first kappa shape index (κ1) is 81.8. The fourth-order valence-electron chi connectivity index (χ4n) is 11.9. The Kier molecular flexibility index (Phi) is 22.4. The highest BCUT2D eigenvalue weighted by Gasteiger charge is 2.32. The van der Waals surface area contributed by atoms with Crippen molar-refractivity contribution in [2.45, 2.75) is 47.0 Å². The maximum Gasteiger partial charge on any atom is 0.416 e. The third kappa shape index (κ3) is 17.3. The lowest BCUT2D eigenvalue weighted by Gasteiger charge is -2.13. The summed E-state index contributed by atoms with van der Waals surface area (Å²) in [5, 5.41) is 10.8. The number of nitrogens with one attached hydrogen (secondary N) is 4. The Morgan fingerprint density at radius 1 is 0.311 bits per heavy atom. The van der Waals surface area contributed by atoms with Gasteiger partial charge in [0, 0.05) is 65.2 Å². The van der Waals surface area contributed by atoms with Gasteiger partial charge < -0.3 is 53.7 Å². The molecule has 8 aromatic heterocycles. The van der Waals surface area contributed by atoms with Gasteiger partial charge in [0.1, 0.15) is 68.8 Å². The van der Waals surface area contributed by atoms with Gasteiger partial charge in [0.15, 0.2) is 64.0 Å². The van der Waals surface area contributed by atoms with Gasteiger partial charge in [-0.05, 0) is 132 Å². The molecular formula is C77H58F16N24O2. The first-order valence-corrected chi connectivity index (χ1v) is 34.4. The van der Waals surface area contributed by atoms with Crippen molar-refractivity contribution in [1.82, 2.24) is 78.1 Å². The molecule has 119 heavy (non-hydrogen) atoms. The van der Waals surface area contributed by atoms with E-state index in [9.17, 15) is 70.2 Å². The second-order valence-electron chi connectivity index (χ2n) is 25.6. The number of nitrogens with zero attached hydrogens (tertiary/aromatic N) is 16. The normalized spacial score (nSPS) is 11.5. The quantitative estimate of drug-likeness (QED) is 0.0469. The maximum absolute atomic E-state index is 14.6. The van der Waals surface area contributed by atoms with Gasteiger partial charge in [-0.25, -0.2) is 46.3 Å². The highest BCUT2D eigenvalue weighted by atomic mass is 19.4. The second-order valence-corrected chi connectivity index (χ2v) is 25.6. The minimum Gasteiger partial charge on any atom is -0.497 e. The molecule has 0 bridgehead atoms. The fourth-order valence-corrected chi connectivity index (χ4v) is 11.9. The van der Waals surface area contributed by atoms with E-state index in [2.05, 4.69) is 81.1 Å². The summed E-state index contributed by atoms with van der Waals surface area (Å²) in [5.41, 5.74) is 24.7. The van der Waals surface area contributed by atoms with Crippen molar-refractivity contribution in [3.63, 3.8) is 0 Å². The predicted octanol–water partition coefficient (Wildman–Crippen LogP) is 17.6. The monoisotopic (exact) mass is 1650 g/mol. The Morgan fingerprint density at radius 3 is 1.00 bits per heavy atom. The summed E-state index contributed by atoms with van der Waals surface area (Å²) in [6.07, 6.45) is -9.00. The number of nitrogen functional groups attached to an aromatic ring is 4. The van der Waals surface area contributed by atoms with Crippen LogP contribution in [0.15, 0.2) is 152 Å². The van der Waals surface area contributed by atoms with Gasteiger partial charge in [-0.15, -0.1) is 0 Å². The molecule has 8 heterocycles. The van der Waals surface area contributed by atoms with Crippen molar-refractivity contribution >= 4 is 113 Å². The minimum absolute atomic E-state index is 0.0151. The fraction of sp³-hybridized carbons (Fsp3) is 0.117. The van der Waals surface area contributed by atoms with Crippen LogP contribution in [0, 0.1) is 92.8 Å². The van der Waals surface area contributed by atoms with Crippen LogP contribution in [0.5, 0.6) is 11.5 Å². The molecule has 610 valence electrons. The lowest BCUT2D eigenvalue weighted by molar-refractivity contribution is -0.138. The molecule has 42 heteroatoms. The van der Waals surface area contributed by atoms with E-state index in [0.717, 1.165) is 76.9 Å². The summed E-state index contributed by atoms with van der Waals surface area (Å²) in [4.78, 5) is 48.8. The van der Waals surface area contributed by atoms with Crippen molar-refractivity contribution in [1.29, 1.82) is 0 Å². The summed E-state index contributed by atoms with van der Waals surface area (Å²) in [7, 11) is 3.05. The molecule has 0 radical (unpaired) electrons. The van der Waals surface area contributed by atoms with Gasteiger partial charge in [0.2, 0.25) is 47.1 Å². The number of hydrogen-bond acceptors (Lipinski definition) is 22. The molecule has 0 amide bonds. The topological polar surface area (TPSA) is 345 Å². The number of halogens is 16. The number of alkyl halides is 6. The number of rotatable bonds is 14. The van der Waals surface area contributed by atoms with Crippen LogP contribution in [-0.4, -0.2) is 92.3 Å². The molecule has 0 saturated heterocycles. The summed E-state index contributed by atoms with van der Waals surface area (Å²) >= 11 is 0. The van der Waals surface area contributed by atoms with Crippen LogP contribution in [0.2, 0.25) is 0 Å².